The van der Waals surface area contributed by atoms with Crippen molar-refractivity contribution in [1.29, 1.82) is 0 Å². The highest BCUT2D eigenvalue weighted by Crippen LogP contribution is 2.36. The van der Waals surface area contributed by atoms with Crippen LogP contribution < -0.4 is 24.8 Å². The summed E-state index contributed by atoms with van der Waals surface area (Å²) in [5.74, 6) is 2.45. The topological polar surface area (TPSA) is 81.7 Å². The molecule has 2 N–H and O–H groups in total. The average Bonchev–Trinajstić information content (AvgIpc) is 2.79. The van der Waals surface area contributed by atoms with Crippen molar-refractivity contribution in [1.82, 2.24) is 4.98 Å². The average molecular weight is 429 g/mol. The molecule has 7 nitrogen and oxygen atoms in total. The van der Waals surface area contributed by atoms with E-state index in [0.717, 1.165) is 22.2 Å². The first kappa shape index (κ1) is 21.0. The van der Waals surface area contributed by atoms with E-state index >= 15 is 0 Å². The fourth-order valence-electron chi connectivity index (χ4n) is 3.29. The number of carbonyl (C=O) groups is 1. The number of carbonyl (C=O) groups excluding carboxylic acids is 1. The van der Waals surface area contributed by atoms with E-state index in [-0.39, 0.29) is 6.03 Å². The van der Waals surface area contributed by atoms with Crippen molar-refractivity contribution in [3.05, 3.63) is 78.5 Å². The van der Waals surface area contributed by atoms with Crippen LogP contribution in [0.4, 0.5) is 16.2 Å². The predicted molar refractivity (Wildman–Crippen MR) is 125 cm³/mol. The number of methoxy groups -OCH3 is 2. The zero-order valence-electron chi connectivity index (χ0n) is 18.0. The Bertz CT molecular complexity index is 1260. The number of ether oxygens (including phenoxy) is 3. The summed E-state index contributed by atoms with van der Waals surface area (Å²) in [7, 11) is 3.17. The van der Waals surface area contributed by atoms with Crippen LogP contribution in [0.5, 0.6) is 23.0 Å². The number of nitrogens with zero attached hydrogens (tertiary/aromatic N) is 1. The van der Waals surface area contributed by atoms with Gasteiger partial charge in [-0.15, -0.1) is 0 Å². The molecule has 0 atom stereocenters. The minimum Gasteiger partial charge on any atom is -0.493 e. The Balaban J connectivity index is 1.48. The van der Waals surface area contributed by atoms with Crippen LogP contribution in [0.1, 0.15) is 5.56 Å². The van der Waals surface area contributed by atoms with Crippen molar-refractivity contribution in [3.63, 3.8) is 0 Å². The molecule has 0 spiro atoms. The van der Waals surface area contributed by atoms with Crippen LogP contribution in [0.3, 0.4) is 0 Å². The third-order valence-electron chi connectivity index (χ3n) is 4.82. The standard InChI is InChI=1S/C25H23N3O4/c1-16-5-4-6-18(13-16)28-25(29)27-17-7-9-19(10-8-17)32-22-11-12-26-21-15-24(31-3)23(30-2)14-20(21)22/h4-15H,1-3H3,(H2,27,28,29). The molecule has 1 aromatic heterocycles. The number of anilines is 2. The van der Waals surface area contributed by atoms with Crippen LogP contribution in [0.15, 0.2) is 72.9 Å². The predicted octanol–water partition coefficient (Wildman–Crippen LogP) is 6.00. The Hall–Kier alpha value is -4.26. The highest BCUT2D eigenvalue weighted by Gasteiger charge is 2.11. The van der Waals surface area contributed by atoms with Crippen molar-refractivity contribution in [2.24, 2.45) is 0 Å². The first-order valence-electron chi connectivity index (χ1n) is 9.99. The minimum atomic E-state index is -0.314. The maximum absolute atomic E-state index is 12.2. The molecular formula is C25H23N3O4. The normalized spacial score (nSPS) is 10.5. The smallest absolute Gasteiger partial charge is 0.323 e. The number of urea groups is 1. The van der Waals surface area contributed by atoms with Crippen LogP contribution in [0.25, 0.3) is 10.9 Å². The Morgan fingerprint density at radius 2 is 1.53 bits per heavy atom. The van der Waals surface area contributed by atoms with E-state index in [1.165, 1.54) is 0 Å². The molecule has 0 radical (unpaired) electrons. The number of hydrogen-bond acceptors (Lipinski definition) is 5. The first-order chi connectivity index (χ1) is 15.6. The molecule has 32 heavy (non-hydrogen) atoms. The number of hydrogen-bond donors (Lipinski definition) is 2. The Kier molecular flexibility index (Phi) is 6.07. The van der Waals surface area contributed by atoms with E-state index in [9.17, 15) is 4.79 Å². The summed E-state index contributed by atoms with van der Waals surface area (Å²) < 4.78 is 16.8. The zero-order chi connectivity index (χ0) is 22.5. The molecule has 2 amide bonds. The molecule has 7 heteroatoms. The van der Waals surface area contributed by atoms with Gasteiger partial charge in [0.1, 0.15) is 11.5 Å². The minimum absolute atomic E-state index is 0.314. The number of aryl methyl sites for hydroxylation is 1. The molecule has 1 heterocycles. The summed E-state index contributed by atoms with van der Waals surface area (Å²) >= 11 is 0. The molecule has 0 fully saturated rings. The second kappa shape index (κ2) is 9.26. The van der Waals surface area contributed by atoms with E-state index in [1.54, 1.807) is 56.8 Å². The van der Waals surface area contributed by atoms with E-state index < -0.39 is 0 Å². The van der Waals surface area contributed by atoms with Crippen molar-refractivity contribution in [3.8, 4) is 23.0 Å². The Labute approximate surface area is 186 Å². The van der Waals surface area contributed by atoms with Gasteiger partial charge in [-0.25, -0.2) is 4.79 Å². The lowest BCUT2D eigenvalue weighted by Crippen LogP contribution is -2.19. The fraction of sp³-hybridized carbons (Fsp3) is 0.120. The van der Waals surface area contributed by atoms with Crippen LogP contribution in [0, 0.1) is 6.92 Å². The van der Waals surface area contributed by atoms with Crippen molar-refractivity contribution >= 4 is 28.3 Å². The molecule has 0 aliphatic heterocycles. The van der Waals surface area contributed by atoms with Crippen LogP contribution >= 0.6 is 0 Å². The maximum Gasteiger partial charge on any atom is 0.323 e. The molecule has 3 aromatic carbocycles. The number of amides is 2. The van der Waals surface area contributed by atoms with E-state index in [4.69, 9.17) is 14.2 Å². The zero-order valence-corrected chi connectivity index (χ0v) is 18.0. The van der Waals surface area contributed by atoms with Crippen LogP contribution in [-0.2, 0) is 0 Å². The van der Waals surface area contributed by atoms with Gasteiger partial charge in [-0.2, -0.15) is 0 Å². The number of pyridine rings is 1. The molecule has 0 aliphatic carbocycles. The lowest BCUT2D eigenvalue weighted by Gasteiger charge is -2.13. The molecule has 4 aromatic rings. The van der Waals surface area contributed by atoms with E-state index in [2.05, 4.69) is 15.6 Å². The molecule has 0 saturated heterocycles. The van der Waals surface area contributed by atoms with Crippen molar-refractivity contribution in [2.45, 2.75) is 6.92 Å². The van der Waals surface area contributed by atoms with Gasteiger partial charge in [-0.3, -0.25) is 4.98 Å². The molecule has 4 rings (SSSR count). The lowest BCUT2D eigenvalue weighted by molar-refractivity contribution is 0.262. The molecule has 0 aliphatic rings. The largest absolute Gasteiger partial charge is 0.493 e. The quantitative estimate of drug-likeness (QED) is 0.393. The van der Waals surface area contributed by atoms with Gasteiger partial charge in [0, 0.05) is 29.0 Å². The monoisotopic (exact) mass is 429 g/mol. The Morgan fingerprint density at radius 3 is 2.25 bits per heavy atom. The van der Waals surface area contributed by atoms with Gasteiger partial charge >= 0.3 is 6.03 Å². The molecule has 162 valence electrons. The maximum atomic E-state index is 12.2. The molecular weight excluding hydrogens is 406 g/mol. The summed E-state index contributed by atoms with van der Waals surface area (Å²) in [6.45, 7) is 1.97. The van der Waals surface area contributed by atoms with Gasteiger partial charge in [-0.05, 0) is 61.0 Å². The lowest BCUT2D eigenvalue weighted by atomic mass is 10.2. The van der Waals surface area contributed by atoms with Gasteiger partial charge in [0.15, 0.2) is 11.5 Å². The highest BCUT2D eigenvalue weighted by atomic mass is 16.5. The fourth-order valence-corrected chi connectivity index (χ4v) is 3.29. The van der Waals surface area contributed by atoms with Gasteiger partial charge in [0.05, 0.1) is 19.7 Å². The van der Waals surface area contributed by atoms with Crippen LogP contribution in [0.2, 0.25) is 0 Å². The van der Waals surface area contributed by atoms with Gasteiger partial charge in [0.2, 0.25) is 0 Å². The van der Waals surface area contributed by atoms with Crippen molar-refractivity contribution in [2.75, 3.05) is 24.9 Å². The second-order valence-corrected chi connectivity index (χ2v) is 7.11. The third-order valence-corrected chi connectivity index (χ3v) is 4.82. The second-order valence-electron chi connectivity index (χ2n) is 7.11. The number of rotatable bonds is 6. The van der Waals surface area contributed by atoms with Gasteiger partial charge < -0.3 is 24.8 Å². The van der Waals surface area contributed by atoms with E-state index in [0.29, 0.717) is 28.7 Å². The van der Waals surface area contributed by atoms with Crippen LogP contribution in [-0.4, -0.2) is 25.2 Å². The van der Waals surface area contributed by atoms with Gasteiger partial charge in [-0.1, -0.05) is 12.1 Å². The number of nitrogens with one attached hydrogen (secondary N) is 2. The Morgan fingerprint density at radius 1 is 0.812 bits per heavy atom. The summed E-state index contributed by atoms with van der Waals surface area (Å²) in [5, 5.41) is 6.42. The molecule has 0 saturated carbocycles. The molecule has 0 bridgehead atoms. The van der Waals surface area contributed by atoms with Crippen molar-refractivity contribution < 1.29 is 19.0 Å². The van der Waals surface area contributed by atoms with E-state index in [1.807, 2.05) is 37.3 Å². The summed E-state index contributed by atoms with van der Waals surface area (Å²) in [5.41, 5.74) is 3.18. The third kappa shape index (κ3) is 4.73. The number of benzene rings is 3. The number of aromatic nitrogens is 1. The summed E-state index contributed by atoms with van der Waals surface area (Å²) in [6, 6.07) is 19.9. The number of fused-ring (bicyclic) bond motifs is 1. The summed E-state index contributed by atoms with van der Waals surface area (Å²) in [4.78, 5) is 16.6. The van der Waals surface area contributed by atoms with Gasteiger partial charge in [0.25, 0.3) is 0 Å². The SMILES string of the molecule is COc1cc2nccc(Oc3ccc(NC(=O)Nc4cccc(C)c4)cc3)c2cc1OC. The first-order valence-corrected chi connectivity index (χ1v) is 9.99. The summed E-state index contributed by atoms with van der Waals surface area (Å²) in [6.07, 6.45) is 1.68. The highest BCUT2D eigenvalue weighted by molar-refractivity contribution is 5.99. The molecule has 0 unspecified atom stereocenters.